The maximum atomic E-state index is 2.46. The van der Waals surface area contributed by atoms with Gasteiger partial charge in [-0.05, 0) is 130 Å². The lowest BCUT2D eigenvalue weighted by molar-refractivity contribution is 1.18. The third-order valence-electron chi connectivity index (χ3n) is 12.8. The molecule has 0 N–H and O–H groups in total. The molecule has 300 valence electrons. The van der Waals surface area contributed by atoms with Gasteiger partial charge in [0.1, 0.15) is 0 Å². The zero-order chi connectivity index (χ0) is 42.1. The van der Waals surface area contributed by atoms with Crippen molar-refractivity contribution in [1.29, 1.82) is 0 Å². The summed E-state index contributed by atoms with van der Waals surface area (Å²) in [4.78, 5) is 2.41. The molecule has 0 spiro atoms. The summed E-state index contributed by atoms with van der Waals surface area (Å²) in [7, 11) is 0. The summed E-state index contributed by atoms with van der Waals surface area (Å²) < 4.78 is 7.52. The SMILES string of the molecule is c1ccc(-c2cccc(-n3c4ccc(Sc5ccc6c(c5)c5cc(-c7ccccc7)ccc5n6-c5ccc6sc7ccccc7c6c5)cc4c4cc(-c5ccccc5)ccc43)c2)cc1. The molecule has 0 saturated heterocycles. The molecule has 0 aliphatic rings. The second kappa shape index (κ2) is 15.0. The Kier molecular flexibility index (Phi) is 8.68. The quantitative estimate of drug-likeness (QED) is 0.155. The molecule has 13 aromatic rings. The number of rotatable bonds is 7. The van der Waals surface area contributed by atoms with Crippen LogP contribution in [0.4, 0.5) is 0 Å². The van der Waals surface area contributed by atoms with Crippen molar-refractivity contribution in [1.82, 2.24) is 9.13 Å². The molecule has 0 fully saturated rings. The van der Waals surface area contributed by atoms with Crippen LogP contribution in [0.2, 0.25) is 0 Å². The van der Waals surface area contributed by atoms with Crippen molar-refractivity contribution in [2.24, 2.45) is 0 Å². The van der Waals surface area contributed by atoms with Gasteiger partial charge in [-0.25, -0.2) is 0 Å². The Bertz CT molecular complexity index is 3910. The van der Waals surface area contributed by atoms with Crippen molar-refractivity contribution >= 4 is 86.9 Å². The van der Waals surface area contributed by atoms with Crippen LogP contribution in [0.5, 0.6) is 0 Å². The number of thiophene rings is 1. The smallest absolute Gasteiger partial charge is 0.0541 e. The van der Waals surface area contributed by atoms with Gasteiger partial charge in [0.15, 0.2) is 0 Å². The van der Waals surface area contributed by atoms with E-state index in [1.807, 2.05) is 23.1 Å². The molecule has 3 heterocycles. The number of aromatic nitrogens is 2. The minimum atomic E-state index is 1.15. The van der Waals surface area contributed by atoms with Gasteiger partial charge in [-0.1, -0.05) is 145 Å². The van der Waals surface area contributed by atoms with E-state index >= 15 is 0 Å². The Labute approximate surface area is 378 Å². The molecular formula is C60H38N2S2. The summed E-state index contributed by atoms with van der Waals surface area (Å²) in [5.41, 5.74) is 14.4. The maximum absolute atomic E-state index is 2.46. The molecule has 10 aromatic carbocycles. The van der Waals surface area contributed by atoms with E-state index in [4.69, 9.17) is 0 Å². The van der Waals surface area contributed by atoms with Crippen LogP contribution in [0.3, 0.4) is 0 Å². The predicted molar refractivity (Wildman–Crippen MR) is 275 cm³/mol. The lowest BCUT2D eigenvalue weighted by Gasteiger charge is -2.11. The van der Waals surface area contributed by atoms with Crippen LogP contribution >= 0.6 is 23.1 Å². The molecule has 64 heavy (non-hydrogen) atoms. The van der Waals surface area contributed by atoms with Gasteiger partial charge in [-0.3, -0.25) is 0 Å². The zero-order valence-corrected chi connectivity index (χ0v) is 36.3. The molecule has 0 unspecified atom stereocenters. The monoisotopic (exact) mass is 850 g/mol. The first-order valence-electron chi connectivity index (χ1n) is 21.7. The predicted octanol–water partition coefficient (Wildman–Crippen LogP) is 17.4. The second-order valence-electron chi connectivity index (χ2n) is 16.5. The molecule has 0 aliphatic heterocycles. The van der Waals surface area contributed by atoms with Crippen LogP contribution in [0.15, 0.2) is 240 Å². The largest absolute Gasteiger partial charge is 0.309 e. The van der Waals surface area contributed by atoms with Crippen molar-refractivity contribution in [3.8, 4) is 44.8 Å². The first-order valence-corrected chi connectivity index (χ1v) is 23.4. The molecule has 0 saturated carbocycles. The standard InChI is InChI=1S/C60H38N2S2/c1-4-13-39(14-5-1)42-19-12-20-45(33-42)61-55-28-23-43(40-15-6-2-7-16-40)34-50(55)52-37-47(26-30-57(52)61)63-48-27-31-58-53(38-48)51-35-44(41-17-8-3-9-18-41)24-29-56(51)62(58)46-25-32-60-54(36-46)49-21-10-11-22-59(49)64-60/h1-38H. The highest BCUT2D eigenvalue weighted by molar-refractivity contribution is 7.99. The number of benzene rings is 10. The Morgan fingerprint density at radius 2 is 0.703 bits per heavy atom. The van der Waals surface area contributed by atoms with E-state index in [1.165, 1.54) is 113 Å². The Morgan fingerprint density at radius 3 is 1.27 bits per heavy atom. The summed E-state index contributed by atoms with van der Waals surface area (Å²) in [5.74, 6) is 0. The van der Waals surface area contributed by atoms with Crippen molar-refractivity contribution in [3.63, 3.8) is 0 Å². The van der Waals surface area contributed by atoms with E-state index in [9.17, 15) is 0 Å². The van der Waals surface area contributed by atoms with Crippen LogP contribution in [0.1, 0.15) is 0 Å². The fraction of sp³-hybridized carbons (Fsp3) is 0. The number of fused-ring (bicyclic) bond motifs is 9. The zero-order valence-electron chi connectivity index (χ0n) is 34.7. The first-order chi connectivity index (χ1) is 31.7. The third-order valence-corrected chi connectivity index (χ3v) is 14.9. The van der Waals surface area contributed by atoms with E-state index < -0.39 is 0 Å². The van der Waals surface area contributed by atoms with Gasteiger partial charge in [0, 0.05) is 62.9 Å². The molecular weight excluding hydrogens is 813 g/mol. The lowest BCUT2D eigenvalue weighted by Crippen LogP contribution is -1.94. The minimum Gasteiger partial charge on any atom is -0.309 e. The molecule has 2 nitrogen and oxygen atoms in total. The highest BCUT2D eigenvalue weighted by Crippen LogP contribution is 2.43. The number of hydrogen-bond donors (Lipinski definition) is 0. The van der Waals surface area contributed by atoms with Gasteiger partial charge in [0.2, 0.25) is 0 Å². The Morgan fingerprint density at radius 1 is 0.266 bits per heavy atom. The van der Waals surface area contributed by atoms with E-state index in [1.54, 1.807) is 0 Å². The fourth-order valence-electron chi connectivity index (χ4n) is 9.75. The summed E-state index contributed by atoms with van der Waals surface area (Å²) in [5, 5.41) is 7.59. The van der Waals surface area contributed by atoms with Crippen molar-refractivity contribution in [2.75, 3.05) is 0 Å². The topological polar surface area (TPSA) is 9.86 Å². The van der Waals surface area contributed by atoms with Crippen LogP contribution in [0, 0.1) is 0 Å². The molecule has 0 bridgehead atoms. The fourth-order valence-corrected chi connectivity index (χ4v) is 11.7. The lowest BCUT2D eigenvalue weighted by atomic mass is 10.0. The van der Waals surface area contributed by atoms with E-state index in [2.05, 4.69) is 240 Å². The summed E-state index contributed by atoms with van der Waals surface area (Å²) in [6.07, 6.45) is 0. The highest BCUT2D eigenvalue weighted by Gasteiger charge is 2.18. The molecule has 0 aliphatic carbocycles. The Balaban J connectivity index is 0.962. The minimum absolute atomic E-state index is 1.15. The average molecular weight is 851 g/mol. The summed E-state index contributed by atoms with van der Waals surface area (Å²) in [6.45, 7) is 0. The summed E-state index contributed by atoms with van der Waals surface area (Å²) in [6, 6.07) is 84.7. The molecule has 0 radical (unpaired) electrons. The number of hydrogen-bond acceptors (Lipinski definition) is 2. The molecule has 13 rings (SSSR count). The third kappa shape index (κ3) is 6.17. The maximum Gasteiger partial charge on any atom is 0.0541 e. The van der Waals surface area contributed by atoms with Crippen LogP contribution in [0.25, 0.3) is 109 Å². The van der Waals surface area contributed by atoms with Crippen molar-refractivity contribution in [2.45, 2.75) is 9.79 Å². The summed E-state index contributed by atoms with van der Waals surface area (Å²) >= 11 is 3.70. The first kappa shape index (κ1) is 37.0. The van der Waals surface area contributed by atoms with Gasteiger partial charge in [-0.2, -0.15) is 0 Å². The van der Waals surface area contributed by atoms with Crippen molar-refractivity contribution in [3.05, 3.63) is 231 Å². The van der Waals surface area contributed by atoms with Gasteiger partial charge in [0.25, 0.3) is 0 Å². The molecule has 3 aromatic heterocycles. The Hall–Kier alpha value is -7.63. The van der Waals surface area contributed by atoms with E-state index in [0.29, 0.717) is 0 Å². The van der Waals surface area contributed by atoms with Crippen molar-refractivity contribution < 1.29 is 0 Å². The average Bonchev–Trinajstić information content (AvgIpc) is 4.01. The highest BCUT2D eigenvalue weighted by atomic mass is 32.2. The molecule has 4 heteroatoms. The van der Waals surface area contributed by atoms with Crippen LogP contribution in [-0.4, -0.2) is 9.13 Å². The van der Waals surface area contributed by atoms with Crippen LogP contribution in [-0.2, 0) is 0 Å². The van der Waals surface area contributed by atoms with E-state index in [0.717, 1.165) is 5.69 Å². The van der Waals surface area contributed by atoms with Gasteiger partial charge in [0.05, 0.1) is 22.1 Å². The molecule has 0 atom stereocenters. The van der Waals surface area contributed by atoms with Gasteiger partial charge >= 0.3 is 0 Å². The second-order valence-corrected chi connectivity index (χ2v) is 18.8. The van der Waals surface area contributed by atoms with Crippen LogP contribution < -0.4 is 0 Å². The van der Waals surface area contributed by atoms with E-state index in [-0.39, 0.29) is 0 Å². The van der Waals surface area contributed by atoms with Gasteiger partial charge < -0.3 is 9.13 Å². The number of nitrogens with zero attached hydrogens (tertiary/aromatic N) is 2. The van der Waals surface area contributed by atoms with Gasteiger partial charge in [-0.15, -0.1) is 11.3 Å². The molecule has 0 amide bonds. The normalized spacial score (nSPS) is 11.8.